The van der Waals surface area contributed by atoms with Crippen LogP contribution in [0, 0.1) is 0 Å². The molecule has 0 radical (unpaired) electrons. The summed E-state index contributed by atoms with van der Waals surface area (Å²) >= 11 is 0. The number of esters is 1. The number of cyclic esters (lactones) is 1. The predicted octanol–water partition coefficient (Wildman–Crippen LogP) is 3.20. The van der Waals surface area contributed by atoms with Crippen LogP contribution >= 0.6 is 0 Å². The van der Waals surface area contributed by atoms with E-state index in [1.165, 1.54) is 0 Å². The summed E-state index contributed by atoms with van der Waals surface area (Å²) < 4.78 is 5.52. The minimum atomic E-state index is -0.586. The van der Waals surface area contributed by atoms with Crippen molar-refractivity contribution in [1.29, 1.82) is 0 Å². The molecule has 2 rings (SSSR count). The Morgan fingerprint density at radius 3 is 2.44 bits per heavy atom. The van der Waals surface area contributed by atoms with Crippen molar-refractivity contribution in [2.24, 2.45) is 0 Å². The summed E-state index contributed by atoms with van der Waals surface area (Å²) in [6.45, 7) is 7.45. The van der Waals surface area contributed by atoms with Crippen LogP contribution in [0.1, 0.15) is 28.8 Å². The number of fused-ring (bicyclic) bond motifs is 1. The van der Waals surface area contributed by atoms with Gasteiger partial charge >= 0.3 is 5.97 Å². The van der Waals surface area contributed by atoms with Gasteiger partial charge in [-0.25, -0.2) is 4.79 Å². The van der Waals surface area contributed by atoms with E-state index >= 15 is 0 Å². The van der Waals surface area contributed by atoms with Crippen LogP contribution in [0.25, 0.3) is 0 Å². The molecule has 1 aliphatic heterocycles. The fourth-order valence-electron chi connectivity index (χ4n) is 2.20. The second-order valence-corrected chi connectivity index (χ2v) is 3.91. The van der Waals surface area contributed by atoms with Gasteiger partial charge in [-0.05, 0) is 6.07 Å². The third-order valence-corrected chi connectivity index (χ3v) is 2.87. The smallest absolute Gasteiger partial charge is 0.339 e. The summed E-state index contributed by atoms with van der Waals surface area (Å²) in [6, 6.07) is 7.50. The Morgan fingerprint density at radius 2 is 1.81 bits per heavy atom. The molecule has 1 aromatic carbocycles. The number of carbonyl (C=O) groups is 1. The molecule has 1 aromatic rings. The first-order valence-electron chi connectivity index (χ1n) is 5.28. The van der Waals surface area contributed by atoms with E-state index in [9.17, 15) is 4.79 Å². The van der Waals surface area contributed by atoms with Crippen molar-refractivity contribution in [2.45, 2.75) is 18.4 Å². The standard InChI is InChI=1S/C14H14O2/c1-3-9-14(10-4-2)12-8-6-5-7-11(12)13(15)16-14/h3-8H,1-2,9-10H2. The van der Waals surface area contributed by atoms with Crippen molar-refractivity contribution in [3.63, 3.8) is 0 Å². The Hall–Kier alpha value is -1.83. The highest BCUT2D eigenvalue weighted by Gasteiger charge is 2.43. The van der Waals surface area contributed by atoms with Crippen LogP contribution in [0.3, 0.4) is 0 Å². The topological polar surface area (TPSA) is 26.3 Å². The monoisotopic (exact) mass is 214 g/mol. The molecule has 2 heteroatoms. The highest BCUT2D eigenvalue weighted by atomic mass is 16.6. The second-order valence-electron chi connectivity index (χ2n) is 3.91. The molecule has 0 bridgehead atoms. The van der Waals surface area contributed by atoms with Gasteiger partial charge in [0.1, 0.15) is 5.60 Å². The molecule has 0 saturated heterocycles. The fourth-order valence-corrected chi connectivity index (χ4v) is 2.20. The van der Waals surface area contributed by atoms with E-state index in [-0.39, 0.29) is 5.97 Å². The zero-order valence-electron chi connectivity index (χ0n) is 9.11. The maximum absolute atomic E-state index is 11.7. The van der Waals surface area contributed by atoms with Gasteiger partial charge in [0.25, 0.3) is 0 Å². The van der Waals surface area contributed by atoms with Gasteiger partial charge in [0, 0.05) is 18.4 Å². The maximum atomic E-state index is 11.7. The van der Waals surface area contributed by atoms with Crippen LogP contribution in [0.5, 0.6) is 0 Å². The normalized spacial score (nSPS) is 16.4. The zero-order valence-corrected chi connectivity index (χ0v) is 9.11. The van der Waals surface area contributed by atoms with Crippen molar-refractivity contribution >= 4 is 5.97 Å². The number of hydrogen-bond acceptors (Lipinski definition) is 2. The maximum Gasteiger partial charge on any atom is 0.339 e. The Kier molecular flexibility index (Phi) is 2.65. The summed E-state index contributed by atoms with van der Waals surface area (Å²) in [5.74, 6) is -0.251. The molecule has 0 fully saturated rings. The number of benzene rings is 1. The van der Waals surface area contributed by atoms with Crippen LogP contribution in [0.15, 0.2) is 49.6 Å². The van der Waals surface area contributed by atoms with Gasteiger partial charge in [-0.2, -0.15) is 0 Å². The Labute approximate surface area is 95.2 Å². The molecule has 0 amide bonds. The Balaban J connectivity index is 2.53. The van der Waals surface area contributed by atoms with E-state index in [4.69, 9.17) is 4.74 Å². The van der Waals surface area contributed by atoms with E-state index in [0.29, 0.717) is 18.4 Å². The summed E-state index contributed by atoms with van der Waals surface area (Å²) in [6.07, 6.45) is 4.78. The zero-order chi connectivity index (χ0) is 11.6. The van der Waals surface area contributed by atoms with E-state index in [1.54, 1.807) is 18.2 Å². The van der Waals surface area contributed by atoms with Crippen molar-refractivity contribution in [1.82, 2.24) is 0 Å². The highest BCUT2D eigenvalue weighted by Crippen LogP contribution is 2.42. The average molecular weight is 214 g/mol. The summed E-state index contributed by atoms with van der Waals surface area (Å²) in [4.78, 5) is 11.7. The van der Waals surface area contributed by atoms with E-state index < -0.39 is 5.60 Å². The van der Waals surface area contributed by atoms with E-state index in [2.05, 4.69) is 13.2 Å². The molecule has 0 atom stereocenters. The van der Waals surface area contributed by atoms with Crippen molar-refractivity contribution in [3.05, 3.63) is 60.7 Å². The molecular weight excluding hydrogens is 200 g/mol. The molecule has 0 N–H and O–H groups in total. The highest BCUT2D eigenvalue weighted by molar-refractivity contribution is 5.94. The van der Waals surface area contributed by atoms with E-state index in [1.807, 2.05) is 18.2 Å². The van der Waals surface area contributed by atoms with Gasteiger partial charge in [-0.15, -0.1) is 13.2 Å². The Bertz CT molecular complexity index is 436. The van der Waals surface area contributed by atoms with Crippen molar-refractivity contribution in [3.8, 4) is 0 Å². The number of carbonyl (C=O) groups excluding carboxylic acids is 1. The van der Waals surface area contributed by atoms with Gasteiger partial charge in [-0.3, -0.25) is 0 Å². The lowest BCUT2D eigenvalue weighted by atomic mass is 9.86. The molecule has 1 heterocycles. The molecule has 82 valence electrons. The lowest BCUT2D eigenvalue weighted by Crippen LogP contribution is -2.24. The third-order valence-electron chi connectivity index (χ3n) is 2.87. The summed E-state index contributed by atoms with van der Waals surface area (Å²) in [7, 11) is 0. The van der Waals surface area contributed by atoms with Gasteiger partial charge in [-0.1, -0.05) is 30.4 Å². The average Bonchev–Trinajstić information content (AvgIpc) is 2.55. The fraction of sp³-hybridized carbons (Fsp3) is 0.214. The molecule has 0 aliphatic carbocycles. The molecule has 0 aromatic heterocycles. The molecule has 16 heavy (non-hydrogen) atoms. The second kappa shape index (κ2) is 3.97. The van der Waals surface area contributed by atoms with Gasteiger partial charge < -0.3 is 4.74 Å². The lowest BCUT2D eigenvalue weighted by Gasteiger charge is -2.26. The van der Waals surface area contributed by atoms with Crippen LogP contribution in [0.4, 0.5) is 0 Å². The minimum absolute atomic E-state index is 0.251. The number of hydrogen-bond donors (Lipinski definition) is 0. The first-order chi connectivity index (χ1) is 7.73. The third kappa shape index (κ3) is 1.47. The molecular formula is C14H14O2. The van der Waals surface area contributed by atoms with E-state index in [0.717, 1.165) is 5.56 Å². The SMILES string of the molecule is C=CCC1(CC=C)OC(=O)c2ccccc21. The van der Waals surface area contributed by atoms with Crippen LogP contribution in [0.2, 0.25) is 0 Å². The number of rotatable bonds is 4. The molecule has 0 saturated carbocycles. The van der Waals surface area contributed by atoms with Crippen LogP contribution < -0.4 is 0 Å². The molecule has 2 nitrogen and oxygen atoms in total. The van der Waals surface area contributed by atoms with Crippen molar-refractivity contribution < 1.29 is 9.53 Å². The predicted molar refractivity (Wildman–Crippen MR) is 63.2 cm³/mol. The minimum Gasteiger partial charge on any atom is -0.450 e. The largest absolute Gasteiger partial charge is 0.450 e. The first-order valence-corrected chi connectivity index (χ1v) is 5.28. The van der Waals surface area contributed by atoms with Crippen molar-refractivity contribution in [2.75, 3.05) is 0 Å². The lowest BCUT2D eigenvalue weighted by molar-refractivity contribution is -0.00547. The first kappa shape index (κ1) is 10.7. The van der Waals surface area contributed by atoms with Gasteiger partial charge in [0.05, 0.1) is 5.56 Å². The van der Waals surface area contributed by atoms with Gasteiger partial charge in [0.15, 0.2) is 0 Å². The van der Waals surface area contributed by atoms with Crippen LogP contribution in [-0.2, 0) is 10.3 Å². The molecule has 0 spiro atoms. The summed E-state index contributed by atoms with van der Waals surface area (Å²) in [5.41, 5.74) is 1.02. The molecule has 0 unspecified atom stereocenters. The quantitative estimate of drug-likeness (QED) is 0.568. The van der Waals surface area contributed by atoms with Crippen LogP contribution in [-0.4, -0.2) is 5.97 Å². The number of ether oxygens (including phenoxy) is 1. The Morgan fingerprint density at radius 1 is 1.19 bits per heavy atom. The van der Waals surface area contributed by atoms with Gasteiger partial charge in [0.2, 0.25) is 0 Å². The summed E-state index contributed by atoms with van der Waals surface area (Å²) in [5, 5.41) is 0. The molecule has 1 aliphatic rings.